The number of thiazole rings is 1. The highest BCUT2D eigenvalue weighted by Crippen LogP contribution is 2.32. The molecule has 124 valence electrons. The molecular weight excluding hydrogens is 378 g/mol. The van der Waals surface area contributed by atoms with Gasteiger partial charge in [0.2, 0.25) is 10.0 Å². The van der Waals surface area contributed by atoms with Crippen LogP contribution < -0.4 is 4.72 Å². The number of aromatic nitrogens is 1. The molecule has 1 aliphatic rings. The summed E-state index contributed by atoms with van der Waals surface area (Å²) in [7, 11) is -3.35. The van der Waals surface area contributed by atoms with E-state index in [9.17, 15) is 13.2 Å². The number of carbonyl (C=O) groups is 1. The first-order valence-corrected chi connectivity index (χ1v) is 10.7. The van der Waals surface area contributed by atoms with Crippen molar-refractivity contribution < 1.29 is 13.2 Å². The summed E-state index contributed by atoms with van der Waals surface area (Å²) >= 11 is 8.78. The normalized spacial score (nSPS) is 14.7. The van der Waals surface area contributed by atoms with Gasteiger partial charge >= 0.3 is 0 Å². The summed E-state index contributed by atoms with van der Waals surface area (Å²) in [5.74, 6) is -0.0928. The smallest absolute Gasteiger partial charge is 0.265 e. The Kier molecular flexibility index (Phi) is 4.39. The number of carbonyl (C=O) groups excluding carboxylic acids is 1. The van der Waals surface area contributed by atoms with Crippen molar-refractivity contribution in [1.29, 1.82) is 0 Å². The fourth-order valence-electron chi connectivity index (χ4n) is 2.29. The van der Waals surface area contributed by atoms with Gasteiger partial charge in [-0.3, -0.25) is 9.52 Å². The molecule has 1 amide bonds. The Balaban J connectivity index is 1.80. The molecule has 0 fully saturated rings. The molecule has 0 saturated carbocycles. The number of hydrogen-bond donors (Lipinski definition) is 1. The zero-order valence-corrected chi connectivity index (χ0v) is 15.6. The molecule has 0 unspecified atom stereocenters. The second-order valence-corrected chi connectivity index (χ2v) is 9.39. The third-order valence-electron chi connectivity index (χ3n) is 3.38. The molecule has 3 heterocycles. The van der Waals surface area contributed by atoms with E-state index in [-0.39, 0.29) is 5.91 Å². The molecule has 23 heavy (non-hydrogen) atoms. The SMILES string of the molecule is Cc1csc(C(=O)N2CCc3nc(NS(C)(=O)=O)sc3C2)c1Cl. The van der Waals surface area contributed by atoms with E-state index in [2.05, 4.69) is 9.71 Å². The fourth-order valence-corrected chi connectivity index (χ4v) is 5.39. The van der Waals surface area contributed by atoms with E-state index < -0.39 is 10.0 Å². The predicted octanol–water partition coefficient (Wildman–Crippen LogP) is 2.74. The minimum atomic E-state index is -3.35. The second kappa shape index (κ2) is 6.04. The van der Waals surface area contributed by atoms with Crippen LogP contribution in [0, 0.1) is 6.92 Å². The largest absolute Gasteiger partial charge is 0.332 e. The van der Waals surface area contributed by atoms with Gasteiger partial charge in [0, 0.05) is 17.8 Å². The van der Waals surface area contributed by atoms with Crippen molar-refractivity contribution in [2.24, 2.45) is 0 Å². The Morgan fingerprint density at radius 3 is 2.83 bits per heavy atom. The quantitative estimate of drug-likeness (QED) is 0.872. The van der Waals surface area contributed by atoms with Gasteiger partial charge in [0.15, 0.2) is 5.13 Å². The van der Waals surface area contributed by atoms with Gasteiger partial charge in [0.25, 0.3) is 5.91 Å². The van der Waals surface area contributed by atoms with Gasteiger partial charge in [0.1, 0.15) is 4.88 Å². The van der Waals surface area contributed by atoms with Crippen LogP contribution in [-0.2, 0) is 23.0 Å². The summed E-state index contributed by atoms with van der Waals surface area (Å²) in [5.41, 5.74) is 1.74. The molecule has 1 aliphatic heterocycles. The van der Waals surface area contributed by atoms with Crippen LogP contribution in [0.15, 0.2) is 5.38 Å². The van der Waals surface area contributed by atoms with Crippen molar-refractivity contribution in [3.05, 3.63) is 31.4 Å². The third kappa shape index (κ3) is 3.52. The fraction of sp³-hybridized carbons (Fsp3) is 0.385. The molecule has 0 aromatic carbocycles. The standard InChI is InChI=1S/C13H14ClN3O3S3/c1-7-6-21-11(10(7)14)12(18)17-4-3-8-9(5-17)22-13(15-8)16-23(2,19)20/h6H,3-5H2,1-2H3,(H,15,16). The lowest BCUT2D eigenvalue weighted by Gasteiger charge is -2.25. The van der Waals surface area contributed by atoms with Gasteiger partial charge < -0.3 is 4.90 Å². The topological polar surface area (TPSA) is 79.4 Å². The Hall–Kier alpha value is -1.16. The highest BCUT2D eigenvalue weighted by atomic mass is 35.5. The molecule has 0 atom stereocenters. The van der Waals surface area contributed by atoms with Gasteiger partial charge in [-0.25, -0.2) is 13.4 Å². The minimum absolute atomic E-state index is 0.0928. The van der Waals surface area contributed by atoms with E-state index in [4.69, 9.17) is 11.6 Å². The van der Waals surface area contributed by atoms with E-state index in [1.807, 2.05) is 12.3 Å². The predicted molar refractivity (Wildman–Crippen MR) is 93.1 cm³/mol. The summed E-state index contributed by atoms with van der Waals surface area (Å²) in [6, 6.07) is 0. The van der Waals surface area contributed by atoms with Crippen molar-refractivity contribution in [2.45, 2.75) is 19.9 Å². The number of aryl methyl sites for hydroxylation is 1. The van der Waals surface area contributed by atoms with Crippen LogP contribution >= 0.6 is 34.3 Å². The Morgan fingerprint density at radius 1 is 1.48 bits per heavy atom. The van der Waals surface area contributed by atoms with Gasteiger partial charge in [-0.05, 0) is 17.9 Å². The van der Waals surface area contributed by atoms with Crippen LogP contribution in [0.2, 0.25) is 5.02 Å². The second-order valence-electron chi connectivity index (χ2n) is 5.30. The van der Waals surface area contributed by atoms with Gasteiger partial charge in [0.05, 0.1) is 23.5 Å². The van der Waals surface area contributed by atoms with Crippen LogP contribution in [-0.4, -0.2) is 37.0 Å². The Morgan fingerprint density at radius 2 is 2.22 bits per heavy atom. The first-order chi connectivity index (χ1) is 10.7. The number of nitrogens with one attached hydrogen (secondary N) is 1. The molecular formula is C13H14ClN3O3S3. The third-order valence-corrected chi connectivity index (χ3v) is 6.76. The monoisotopic (exact) mass is 391 g/mol. The van der Waals surface area contributed by atoms with Crippen LogP contribution in [0.25, 0.3) is 0 Å². The molecule has 3 rings (SSSR count). The van der Waals surface area contributed by atoms with E-state index >= 15 is 0 Å². The number of hydrogen-bond acceptors (Lipinski definition) is 6. The zero-order valence-electron chi connectivity index (χ0n) is 12.4. The van der Waals surface area contributed by atoms with Crippen molar-refractivity contribution in [3.8, 4) is 0 Å². The van der Waals surface area contributed by atoms with Gasteiger partial charge in [-0.1, -0.05) is 22.9 Å². The zero-order chi connectivity index (χ0) is 16.8. The first kappa shape index (κ1) is 16.7. The lowest BCUT2D eigenvalue weighted by atomic mass is 10.1. The number of nitrogens with zero attached hydrogens (tertiary/aromatic N) is 2. The molecule has 10 heteroatoms. The van der Waals surface area contributed by atoms with Crippen molar-refractivity contribution in [1.82, 2.24) is 9.88 Å². The maximum atomic E-state index is 12.6. The summed E-state index contributed by atoms with van der Waals surface area (Å²) < 4.78 is 25.0. The number of halogens is 1. The molecule has 0 bridgehead atoms. The van der Waals surface area contributed by atoms with Crippen LogP contribution in [0.4, 0.5) is 5.13 Å². The van der Waals surface area contributed by atoms with Gasteiger partial charge in [-0.15, -0.1) is 11.3 Å². The van der Waals surface area contributed by atoms with Crippen LogP contribution in [0.5, 0.6) is 0 Å². The van der Waals surface area contributed by atoms with E-state index in [0.717, 1.165) is 22.4 Å². The molecule has 6 nitrogen and oxygen atoms in total. The molecule has 2 aromatic heterocycles. The van der Waals surface area contributed by atoms with Crippen LogP contribution in [0.3, 0.4) is 0 Å². The molecule has 0 saturated heterocycles. The number of rotatable bonds is 3. The van der Waals surface area contributed by atoms with Crippen molar-refractivity contribution in [2.75, 3.05) is 17.5 Å². The lowest BCUT2D eigenvalue weighted by molar-refractivity contribution is 0.0741. The number of sulfonamides is 1. The molecule has 1 N–H and O–H groups in total. The number of amides is 1. The van der Waals surface area contributed by atoms with E-state index in [0.29, 0.717) is 34.5 Å². The first-order valence-electron chi connectivity index (χ1n) is 6.74. The lowest BCUT2D eigenvalue weighted by Crippen LogP contribution is -2.35. The molecule has 0 radical (unpaired) electrons. The average Bonchev–Trinajstić information content (AvgIpc) is 2.99. The number of thiophene rings is 1. The Labute approximate surface area is 147 Å². The maximum Gasteiger partial charge on any atom is 0.265 e. The Bertz CT molecular complexity index is 872. The molecule has 0 spiro atoms. The van der Waals surface area contributed by atoms with Crippen molar-refractivity contribution in [3.63, 3.8) is 0 Å². The van der Waals surface area contributed by atoms with E-state index in [1.165, 1.54) is 22.7 Å². The average molecular weight is 392 g/mol. The summed E-state index contributed by atoms with van der Waals surface area (Å²) in [4.78, 5) is 20.1. The highest BCUT2D eigenvalue weighted by molar-refractivity contribution is 7.92. The molecule has 2 aromatic rings. The van der Waals surface area contributed by atoms with Crippen LogP contribution in [0.1, 0.15) is 25.8 Å². The van der Waals surface area contributed by atoms with Crippen molar-refractivity contribution >= 4 is 55.3 Å². The summed E-state index contributed by atoms with van der Waals surface area (Å²) in [6.45, 7) is 2.84. The summed E-state index contributed by atoms with van der Waals surface area (Å²) in [6.07, 6.45) is 1.69. The van der Waals surface area contributed by atoms with E-state index in [1.54, 1.807) is 4.90 Å². The number of anilines is 1. The number of fused-ring (bicyclic) bond motifs is 1. The maximum absolute atomic E-state index is 12.6. The molecule has 0 aliphatic carbocycles. The minimum Gasteiger partial charge on any atom is -0.332 e. The summed E-state index contributed by atoms with van der Waals surface area (Å²) in [5, 5.41) is 2.72. The highest BCUT2D eigenvalue weighted by Gasteiger charge is 2.27. The van der Waals surface area contributed by atoms with Gasteiger partial charge in [-0.2, -0.15) is 0 Å².